The number of carbonyl (C=O) groups excluding carboxylic acids is 5. The van der Waals surface area contributed by atoms with E-state index in [9.17, 15) is 24.6 Å². The van der Waals surface area contributed by atoms with Gasteiger partial charge in [0, 0.05) is 17.8 Å². The molecular formula is C54H96O11. The lowest BCUT2D eigenvalue weighted by Crippen LogP contribution is -2.63. The Bertz CT molecular complexity index is 1770. The van der Waals surface area contributed by atoms with Crippen molar-refractivity contribution in [2.24, 2.45) is 87.3 Å². The van der Waals surface area contributed by atoms with E-state index in [0.717, 1.165) is 44.9 Å². The smallest absolute Gasteiger partial charge is 0.318 e. The van der Waals surface area contributed by atoms with E-state index in [1.807, 2.05) is 20.8 Å². The summed E-state index contributed by atoms with van der Waals surface area (Å²) in [6, 6.07) is 0. The molecule has 0 aromatic carbocycles. The van der Waals surface area contributed by atoms with E-state index < -0.39 is 74.4 Å². The van der Waals surface area contributed by atoms with Crippen molar-refractivity contribution in [3.63, 3.8) is 0 Å². The standard InChI is InChI=1S/C46H64O11.8CH4/c1-23-29-9-30(32-19-54-36(48)33(29)32)31(23)18-41(5,38(50)56-40(3,4)43-10-25-7-26(11-43)13-44(52,12-25)21-43)20-42(6,34-24(2)35(47)55-37(34)49)39(51)57-46-16-27-8-28(17-46)15-45(53,14-27)22-46;;;;;;;;/h23-34,52-53H,7-22H2,1-6H3;8*1H4. The van der Waals surface area contributed by atoms with Gasteiger partial charge in [0.15, 0.2) is 0 Å². The molecule has 65 heavy (non-hydrogen) atoms. The van der Waals surface area contributed by atoms with Crippen LogP contribution in [0.2, 0.25) is 0 Å². The Balaban J connectivity index is 0.00000181. The van der Waals surface area contributed by atoms with Gasteiger partial charge in [0.1, 0.15) is 11.2 Å². The number of esters is 5. The van der Waals surface area contributed by atoms with E-state index >= 15 is 9.59 Å². The lowest BCUT2D eigenvalue weighted by atomic mass is 9.44. The normalized spacial score (nSPS) is 44.5. The SMILES string of the molecule is C.C.C.C.C.C.C.C.CC1C(=O)OC(=O)C1C(C)(CC(C)(CC1C(C)C2CC1C1COC(=O)C21)C(=O)OC(C)(C)C12CC3CC(CC(O)(C3)C1)C2)C(=O)OC12CC3CC(CC(O)(C3)C1)C2. The second-order valence-corrected chi connectivity index (χ2v) is 23.4. The van der Waals surface area contributed by atoms with Crippen LogP contribution in [0.25, 0.3) is 0 Å². The largest absolute Gasteiger partial charge is 0.465 e. The van der Waals surface area contributed by atoms with Crippen LogP contribution in [-0.2, 0) is 42.9 Å². The van der Waals surface area contributed by atoms with Crippen LogP contribution < -0.4 is 0 Å². The van der Waals surface area contributed by atoms with Crippen molar-refractivity contribution in [3.05, 3.63) is 0 Å². The molecule has 10 aliphatic carbocycles. The molecule has 12 rings (SSSR count). The van der Waals surface area contributed by atoms with Crippen LogP contribution in [0.15, 0.2) is 0 Å². The summed E-state index contributed by atoms with van der Waals surface area (Å²) < 4.78 is 24.4. The van der Waals surface area contributed by atoms with Gasteiger partial charge in [-0.25, -0.2) is 0 Å². The van der Waals surface area contributed by atoms with Crippen molar-refractivity contribution >= 4 is 29.8 Å². The summed E-state index contributed by atoms with van der Waals surface area (Å²) in [6.45, 7) is 11.7. The molecule has 11 heteroatoms. The Morgan fingerprint density at radius 1 is 0.662 bits per heavy atom. The first kappa shape index (κ1) is 58.6. The molecular weight excluding hydrogens is 825 g/mol. The fraction of sp³-hybridized carbons (Fsp3) is 0.907. The number of carbonyl (C=O) groups is 5. The van der Waals surface area contributed by atoms with E-state index in [1.165, 1.54) is 0 Å². The molecule has 378 valence electrons. The first-order valence-corrected chi connectivity index (χ1v) is 22.4. The van der Waals surface area contributed by atoms with Crippen LogP contribution in [0, 0.1) is 87.3 Å². The topological polar surface area (TPSA) is 163 Å². The zero-order valence-electron chi connectivity index (χ0n) is 34.8. The lowest BCUT2D eigenvalue weighted by Gasteiger charge is -2.64. The van der Waals surface area contributed by atoms with Gasteiger partial charge >= 0.3 is 29.8 Å². The Kier molecular flexibility index (Phi) is 16.6. The summed E-state index contributed by atoms with van der Waals surface area (Å²) >= 11 is 0. The van der Waals surface area contributed by atoms with Crippen molar-refractivity contribution in [1.29, 1.82) is 0 Å². The maximum absolute atomic E-state index is 15.5. The van der Waals surface area contributed by atoms with Crippen molar-refractivity contribution in [3.8, 4) is 0 Å². The molecule has 10 saturated carbocycles. The summed E-state index contributed by atoms with van der Waals surface area (Å²) in [5.74, 6) is -3.18. The summed E-state index contributed by atoms with van der Waals surface area (Å²) in [5.41, 5.74) is -6.84. The summed E-state index contributed by atoms with van der Waals surface area (Å²) in [4.78, 5) is 70.5. The zero-order valence-corrected chi connectivity index (χ0v) is 34.8. The van der Waals surface area contributed by atoms with Gasteiger partial charge < -0.3 is 29.2 Å². The van der Waals surface area contributed by atoms with E-state index in [0.29, 0.717) is 63.4 Å². The number of fused-ring (bicyclic) bond motifs is 5. The molecule has 0 amide bonds. The predicted octanol–water partition coefficient (Wildman–Crippen LogP) is 11.2. The van der Waals surface area contributed by atoms with E-state index in [-0.39, 0.29) is 119 Å². The first-order valence-electron chi connectivity index (χ1n) is 22.4. The molecule has 14 unspecified atom stereocenters. The second kappa shape index (κ2) is 18.4. The van der Waals surface area contributed by atoms with Crippen LogP contribution in [0.3, 0.4) is 0 Å². The number of hydrogen-bond acceptors (Lipinski definition) is 11. The molecule has 0 aromatic heterocycles. The quantitative estimate of drug-likeness (QED) is 0.122. The monoisotopic (exact) mass is 921 g/mol. The van der Waals surface area contributed by atoms with Crippen molar-refractivity contribution < 1.29 is 53.1 Å². The van der Waals surface area contributed by atoms with Crippen LogP contribution >= 0.6 is 0 Å². The maximum Gasteiger partial charge on any atom is 0.318 e. The van der Waals surface area contributed by atoms with Crippen LogP contribution in [0.4, 0.5) is 0 Å². The van der Waals surface area contributed by atoms with Gasteiger partial charge in [-0.05, 0) is 165 Å². The summed E-state index contributed by atoms with van der Waals surface area (Å²) in [7, 11) is 0. The molecule has 10 bridgehead atoms. The molecule has 12 aliphatic rings. The molecule has 2 N–H and O–H groups in total. The van der Waals surface area contributed by atoms with Crippen LogP contribution in [0.5, 0.6) is 0 Å². The number of ether oxygens (including phenoxy) is 4. The highest BCUT2D eigenvalue weighted by Crippen LogP contribution is 2.67. The van der Waals surface area contributed by atoms with Crippen molar-refractivity contribution in [2.45, 2.75) is 220 Å². The number of cyclic esters (lactones) is 3. The molecule has 2 saturated heterocycles. The molecule has 14 atom stereocenters. The average molecular weight is 921 g/mol. The molecule has 0 spiro atoms. The van der Waals surface area contributed by atoms with Gasteiger partial charge in [-0.1, -0.05) is 73.3 Å². The van der Waals surface area contributed by atoms with Gasteiger partial charge in [-0.2, -0.15) is 0 Å². The molecule has 2 heterocycles. The molecule has 12 fully saturated rings. The molecule has 0 aromatic rings. The minimum Gasteiger partial charge on any atom is -0.465 e. The van der Waals surface area contributed by atoms with Gasteiger partial charge in [0.25, 0.3) is 0 Å². The summed E-state index contributed by atoms with van der Waals surface area (Å²) in [6.07, 6.45) is 10.2. The fourth-order valence-electron chi connectivity index (χ4n) is 17.4. The zero-order chi connectivity index (χ0) is 40.5. The number of rotatable bonds is 10. The van der Waals surface area contributed by atoms with E-state index in [1.54, 1.807) is 13.8 Å². The third kappa shape index (κ3) is 8.66. The number of aliphatic hydroxyl groups is 2. The van der Waals surface area contributed by atoms with Gasteiger partial charge in [-0.3, -0.25) is 24.0 Å². The predicted molar refractivity (Wildman–Crippen MR) is 256 cm³/mol. The Labute approximate surface area is 395 Å². The second-order valence-electron chi connectivity index (χ2n) is 23.4. The highest BCUT2D eigenvalue weighted by molar-refractivity contribution is 6.00. The third-order valence-electron chi connectivity index (χ3n) is 19.0. The fourth-order valence-corrected chi connectivity index (χ4v) is 17.4. The maximum atomic E-state index is 15.5. The lowest BCUT2D eigenvalue weighted by molar-refractivity contribution is -0.239. The highest BCUT2D eigenvalue weighted by atomic mass is 16.6. The first-order chi connectivity index (χ1) is 26.6. The van der Waals surface area contributed by atoms with Crippen LogP contribution in [0.1, 0.15) is 197 Å². The third-order valence-corrected chi connectivity index (χ3v) is 19.0. The average Bonchev–Trinajstić information content (AvgIpc) is 3.79. The minimum absolute atomic E-state index is 0. The Hall–Kier alpha value is -2.53. The Morgan fingerprint density at radius 3 is 1.68 bits per heavy atom. The van der Waals surface area contributed by atoms with E-state index in [2.05, 4.69) is 6.92 Å². The molecule has 11 nitrogen and oxygen atoms in total. The number of hydrogen-bond donors (Lipinski definition) is 2. The van der Waals surface area contributed by atoms with Crippen LogP contribution in [-0.4, -0.2) is 69.1 Å². The molecule has 0 radical (unpaired) electrons. The van der Waals surface area contributed by atoms with Gasteiger partial charge in [0.2, 0.25) is 0 Å². The van der Waals surface area contributed by atoms with Gasteiger partial charge in [-0.15, -0.1) is 0 Å². The summed E-state index contributed by atoms with van der Waals surface area (Å²) in [5, 5.41) is 23.3. The van der Waals surface area contributed by atoms with Crippen molar-refractivity contribution in [2.75, 3.05) is 6.61 Å². The molecule has 2 aliphatic heterocycles. The van der Waals surface area contributed by atoms with E-state index in [4.69, 9.17) is 18.9 Å². The Morgan fingerprint density at radius 2 is 1.18 bits per heavy atom. The van der Waals surface area contributed by atoms with Gasteiger partial charge in [0.05, 0.1) is 46.4 Å². The van der Waals surface area contributed by atoms with Crippen molar-refractivity contribution in [1.82, 2.24) is 0 Å². The highest BCUT2D eigenvalue weighted by Gasteiger charge is 2.68. The minimum atomic E-state index is -1.65.